The van der Waals surface area contributed by atoms with Gasteiger partial charge in [-0.05, 0) is 57.8 Å². The summed E-state index contributed by atoms with van der Waals surface area (Å²) in [4.78, 5) is 37.8. The van der Waals surface area contributed by atoms with Crippen LogP contribution in [0.5, 0.6) is 0 Å². The molecule has 0 aromatic rings. The van der Waals surface area contributed by atoms with Gasteiger partial charge in [-0.1, -0.05) is 222 Å². The Morgan fingerprint density at radius 1 is 0.356 bits per heavy atom. The summed E-state index contributed by atoms with van der Waals surface area (Å²) < 4.78 is 16.7. The van der Waals surface area contributed by atoms with Crippen molar-refractivity contribution in [2.45, 2.75) is 232 Å². The van der Waals surface area contributed by atoms with Crippen molar-refractivity contribution in [3.63, 3.8) is 0 Å². The molecule has 1 atom stereocenters. The van der Waals surface area contributed by atoms with Crippen LogP contribution >= 0.6 is 0 Å². The maximum atomic E-state index is 12.7. The van der Waals surface area contributed by atoms with Gasteiger partial charge in [0.1, 0.15) is 13.2 Å². The van der Waals surface area contributed by atoms with Crippen LogP contribution in [0.1, 0.15) is 226 Å². The zero-order valence-electron chi connectivity index (χ0n) is 38.5. The zero-order chi connectivity index (χ0) is 43.0. The van der Waals surface area contributed by atoms with Crippen molar-refractivity contribution in [3.8, 4) is 0 Å². The maximum absolute atomic E-state index is 12.7. The molecule has 0 spiro atoms. The van der Waals surface area contributed by atoms with E-state index in [-0.39, 0.29) is 37.5 Å². The molecule has 59 heavy (non-hydrogen) atoms. The number of hydrogen-bond acceptors (Lipinski definition) is 6. The van der Waals surface area contributed by atoms with Crippen molar-refractivity contribution >= 4 is 17.9 Å². The summed E-state index contributed by atoms with van der Waals surface area (Å²) in [5, 5.41) is 0. The molecule has 0 aliphatic carbocycles. The third-order valence-electron chi connectivity index (χ3n) is 10.2. The summed E-state index contributed by atoms with van der Waals surface area (Å²) in [6, 6.07) is 0. The van der Waals surface area contributed by atoms with Gasteiger partial charge in [-0.3, -0.25) is 14.4 Å². The molecule has 0 heterocycles. The predicted octanol–water partition coefficient (Wildman–Crippen LogP) is 15.9. The summed E-state index contributed by atoms with van der Waals surface area (Å²) in [6.07, 6.45) is 58.9. The minimum Gasteiger partial charge on any atom is -0.462 e. The number of hydrogen-bond donors (Lipinski definition) is 0. The van der Waals surface area contributed by atoms with Crippen LogP contribution in [0.25, 0.3) is 0 Å². The molecule has 0 aromatic carbocycles. The molecule has 0 aliphatic heterocycles. The largest absolute Gasteiger partial charge is 0.462 e. The van der Waals surface area contributed by atoms with Gasteiger partial charge in [-0.25, -0.2) is 0 Å². The number of carbonyl (C=O) groups excluding carboxylic acids is 3. The van der Waals surface area contributed by atoms with E-state index >= 15 is 0 Å². The summed E-state index contributed by atoms with van der Waals surface area (Å²) >= 11 is 0. The van der Waals surface area contributed by atoms with Crippen LogP contribution in [0, 0.1) is 0 Å². The van der Waals surface area contributed by atoms with Gasteiger partial charge in [-0.15, -0.1) is 0 Å². The number of esters is 3. The highest BCUT2D eigenvalue weighted by Crippen LogP contribution is 2.14. The molecule has 0 unspecified atom stereocenters. The lowest BCUT2D eigenvalue weighted by atomic mass is 10.1. The average molecular weight is 823 g/mol. The highest BCUT2D eigenvalue weighted by molar-refractivity contribution is 5.71. The van der Waals surface area contributed by atoms with Crippen molar-refractivity contribution in [3.05, 3.63) is 72.9 Å². The highest BCUT2D eigenvalue weighted by Gasteiger charge is 2.19. The fraction of sp³-hybridized carbons (Fsp3) is 0.717. The molecule has 0 fully saturated rings. The molecule has 0 rings (SSSR count). The first kappa shape index (κ1) is 55.9. The maximum Gasteiger partial charge on any atom is 0.306 e. The zero-order valence-corrected chi connectivity index (χ0v) is 38.5. The molecule has 0 N–H and O–H groups in total. The lowest BCUT2D eigenvalue weighted by molar-refractivity contribution is -0.166. The number of unbranched alkanes of at least 4 members (excludes halogenated alkanes) is 20. The Morgan fingerprint density at radius 2 is 0.661 bits per heavy atom. The summed E-state index contributed by atoms with van der Waals surface area (Å²) in [7, 11) is 0. The van der Waals surface area contributed by atoms with Gasteiger partial charge in [0.2, 0.25) is 0 Å². The summed E-state index contributed by atoms with van der Waals surface area (Å²) in [5.74, 6) is -0.985. The lowest BCUT2D eigenvalue weighted by Crippen LogP contribution is -2.30. The van der Waals surface area contributed by atoms with Crippen LogP contribution in [0.15, 0.2) is 72.9 Å². The standard InChI is InChI=1S/C53H90O6/c1-4-7-10-13-16-19-22-23-24-25-26-27-28-29-32-34-37-40-43-46-52(55)58-49-50(59-53(56)47-44-41-38-35-31-21-18-15-12-9-6-3)48-57-51(54)45-42-39-36-33-30-20-17-14-11-8-5-2/h7,10,16,19,23-24,26-27,29,32,37,40,50H,4-6,8-9,11-15,17-18,20-22,25,28,30-31,33-36,38-39,41-49H2,1-3H3/b10-7-,19-16-,24-23-,27-26-,32-29-,40-37-/t50-/m1/s1. The van der Waals surface area contributed by atoms with Crippen LogP contribution in [0.4, 0.5) is 0 Å². The smallest absolute Gasteiger partial charge is 0.306 e. The molecule has 0 amide bonds. The lowest BCUT2D eigenvalue weighted by Gasteiger charge is -2.18. The van der Waals surface area contributed by atoms with E-state index in [0.29, 0.717) is 19.3 Å². The molecule has 0 radical (unpaired) electrons. The van der Waals surface area contributed by atoms with Gasteiger partial charge in [0.15, 0.2) is 6.10 Å². The molecule has 6 heteroatoms. The molecule has 0 aliphatic rings. The summed E-state index contributed by atoms with van der Waals surface area (Å²) in [6.45, 7) is 6.44. The van der Waals surface area contributed by atoms with E-state index in [1.165, 1.54) is 103 Å². The van der Waals surface area contributed by atoms with Gasteiger partial charge in [-0.2, -0.15) is 0 Å². The number of ether oxygens (including phenoxy) is 3. The van der Waals surface area contributed by atoms with Crippen LogP contribution in [0.2, 0.25) is 0 Å². The SMILES string of the molecule is CC/C=C\C/C=C\C/C=C\C/C=C\C/C=C\C/C=C\CCC(=O)OC[C@@H](COC(=O)CCCCCCCCCCCCC)OC(=O)CCCCCCCCCCCCC. The number of rotatable bonds is 43. The molecule has 0 aromatic heterocycles. The van der Waals surface area contributed by atoms with Crippen LogP contribution in [-0.4, -0.2) is 37.2 Å². The van der Waals surface area contributed by atoms with Gasteiger partial charge < -0.3 is 14.2 Å². The molecular formula is C53H90O6. The van der Waals surface area contributed by atoms with E-state index in [4.69, 9.17) is 14.2 Å². The number of carbonyl (C=O) groups is 3. The van der Waals surface area contributed by atoms with Gasteiger partial charge in [0.25, 0.3) is 0 Å². The second kappa shape index (κ2) is 47.5. The molecule has 0 saturated heterocycles. The van der Waals surface area contributed by atoms with Crippen molar-refractivity contribution in [1.29, 1.82) is 0 Å². The Bertz CT molecular complexity index is 1130. The normalized spacial score (nSPS) is 12.7. The van der Waals surface area contributed by atoms with Crippen molar-refractivity contribution in [2.24, 2.45) is 0 Å². The van der Waals surface area contributed by atoms with Crippen LogP contribution in [-0.2, 0) is 28.6 Å². The first-order valence-corrected chi connectivity index (χ1v) is 24.4. The second-order valence-corrected chi connectivity index (χ2v) is 16.0. The topological polar surface area (TPSA) is 78.9 Å². The minimum absolute atomic E-state index is 0.0959. The Labute approximate surface area is 363 Å². The molecule has 0 saturated carbocycles. The van der Waals surface area contributed by atoms with E-state index in [0.717, 1.165) is 77.0 Å². The monoisotopic (exact) mass is 823 g/mol. The van der Waals surface area contributed by atoms with Gasteiger partial charge >= 0.3 is 17.9 Å². The van der Waals surface area contributed by atoms with E-state index in [9.17, 15) is 14.4 Å². The summed E-state index contributed by atoms with van der Waals surface area (Å²) in [5.41, 5.74) is 0. The van der Waals surface area contributed by atoms with E-state index in [2.05, 4.69) is 87.6 Å². The van der Waals surface area contributed by atoms with E-state index in [1.54, 1.807) is 0 Å². The second-order valence-electron chi connectivity index (χ2n) is 16.0. The molecule has 338 valence electrons. The van der Waals surface area contributed by atoms with Gasteiger partial charge in [0, 0.05) is 19.3 Å². The van der Waals surface area contributed by atoms with Crippen molar-refractivity contribution in [2.75, 3.05) is 13.2 Å². The predicted molar refractivity (Wildman–Crippen MR) is 251 cm³/mol. The number of allylic oxidation sites excluding steroid dienone is 12. The Morgan fingerprint density at radius 3 is 1.03 bits per heavy atom. The average Bonchev–Trinajstić information content (AvgIpc) is 3.23. The van der Waals surface area contributed by atoms with Crippen molar-refractivity contribution in [1.82, 2.24) is 0 Å². The van der Waals surface area contributed by atoms with E-state index in [1.807, 2.05) is 6.08 Å². The van der Waals surface area contributed by atoms with Crippen LogP contribution in [0.3, 0.4) is 0 Å². The molecule has 0 bridgehead atoms. The first-order valence-electron chi connectivity index (χ1n) is 24.4. The third-order valence-corrected chi connectivity index (χ3v) is 10.2. The molecular weight excluding hydrogens is 733 g/mol. The molecule has 6 nitrogen and oxygen atoms in total. The fourth-order valence-electron chi connectivity index (χ4n) is 6.58. The Hall–Kier alpha value is -3.15. The third kappa shape index (κ3) is 45.8. The quantitative estimate of drug-likeness (QED) is 0.0264. The minimum atomic E-state index is -0.800. The highest BCUT2D eigenvalue weighted by atomic mass is 16.6. The fourth-order valence-corrected chi connectivity index (χ4v) is 6.58. The van der Waals surface area contributed by atoms with Crippen molar-refractivity contribution < 1.29 is 28.6 Å². The van der Waals surface area contributed by atoms with Gasteiger partial charge in [0.05, 0.1) is 0 Å². The Kier molecular flexibility index (Phi) is 45.0. The Balaban J connectivity index is 4.46. The van der Waals surface area contributed by atoms with Crippen LogP contribution < -0.4 is 0 Å². The van der Waals surface area contributed by atoms with E-state index < -0.39 is 6.10 Å². The first-order chi connectivity index (χ1) is 29.0.